The zero-order chi connectivity index (χ0) is 15.8. The van der Waals surface area contributed by atoms with E-state index in [1.54, 1.807) is 24.3 Å². The maximum Gasteiger partial charge on any atom is 0.243 e. The van der Waals surface area contributed by atoms with Gasteiger partial charge in [0.25, 0.3) is 0 Å². The highest BCUT2D eigenvalue weighted by molar-refractivity contribution is 7.89. The third-order valence-corrected chi connectivity index (χ3v) is 4.92. The first kappa shape index (κ1) is 16.1. The van der Waals surface area contributed by atoms with Gasteiger partial charge in [-0.1, -0.05) is 60.7 Å². The zero-order valence-corrected chi connectivity index (χ0v) is 12.8. The number of nitrogens with zero attached hydrogens (tertiary/aromatic N) is 1. The van der Waals surface area contributed by atoms with Crippen molar-refractivity contribution in [2.75, 3.05) is 13.1 Å². The number of rotatable bonds is 7. The van der Waals surface area contributed by atoms with E-state index in [9.17, 15) is 13.2 Å². The summed E-state index contributed by atoms with van der Waals surface area (Å²) in [7, 11) is -3.67. The lowest BCUT2D eigenvalue weighted by Crippen LogP contribution is -2.32. The van der Waals surface area contributed by atoms with Crippen LogP contribution in [0.25, 0.3) is 6.08 Å². The minimum atomic E-state index is -3.67. The number of carbonyl (C=O) groups is 1. The molecule has 0 amide bonds. The number of benzene rings is 2. The minimum Gasteiger partial charge on any atom is -0.302 e. The van der Waals surface area contributed by atoms with Crippen LogP contribution in [0.3, 0.4) is 0 Å². The van der Waals surface area contributed by atoms with Crippen LogP contribution in [0, 0.1) is 0 Å². The van der Waals surface area contributed by atoms with Crippen LogP contribution in [0.1, 0.15) is 5.56 Å². The SMILES string of the molecule is O=CCN(C/C=C/c1ccccc1)S(=O)(=O)c1ccccc1. The van der Waals surface area contributed by atoms with Crippen molar-refractivity contribution < 1.29 is 13.2 Å². The Morgan fingerprint density at radius 3 is 2.05 bits per heavy atom. The Hall–Kier alpha value is -2.24. The van der Waals surface area contributed by atoms with Crippen LogP contribution in [0.2, 0.25) is 0 Å². The highest BCUT2D eigenvalue weighted by atomic mass is 32.2. The van der Waals surface area contributed by atoms with Gasteiger partial charge in [-0.05, 0) is 17.7 Å². The second-order valence-corrected chi connectivity index (χ2v) is 6.55. The van der Waals surface area contributed by atoms with Gasteiger partial charge in [-0.3, -0.25) is 0 Å². The maximum absolute atomic E-state index is 12.5. The average Bonchev–Trinajstić information content (AvgIpc) is 2.56. The summed E-state index contributed by atoms with van der Waals surface area (Å²) >= 11 is 0. The predicted octanol–water partition coefficient (Wildman–Crippen LogP) is 2.59. The first-order chi connectivity index (χ1) is 10.6. The Labute approximate surface area is 130 Å². The van der Waals surface area contributed by atoms with Crippen LogP contribution in [0.4, 0.5) is 0 Å². The van der Waals surface area contributed by atoms with Gasteiger partial charge in [0.05, 0.1) is 11.4 Å². The van der Waals surface area contributed by atoms with Crippen molar-refractivity contribution in [3.63, 3.8) is 0 Å². The van der Waals surface area contributed by atoms with E-state index >= 15 is 0 Å². The third kappa shape index (κ3) is 4.13. The molecular weight excluding hydrogens is 298 g/mol. The molecule has 0 bridgehead atoms. The van der Waals surface area contributed by atoms with Crippen molar-refractivity contribution in [2.45, 2.75) is 4.90 Å². The molecule has 0 aromatic heterocycles. The molecule has 2 aromatic carbocycles. The summed E-state index contributed by atoms with van der Waals surface area (Å²) in [6.07, 6.45) is 4.16. The monoisotopic (exact) mass is 315 g/mol. The van der Waals surface area contributed by atoms with E-state index in [4.69, 9.17) is 0 Å². The van der Waals surface area contributed by atoms with Crippen LogP contribution in [0.5, 0.6) is 0 Å². The molecule has 0 aliphatic rings. The summed E-state index contributed by atoms with van der Waals surface area (Å²) in [6.45, 7) is -0.0266. The van der Waals surface area contributed by atoms with Gasteiger partial charge in [0.15, 0.2) is 0 Å². The molecule has 0 spiro atoms. The van der Waals surface area contributed by atoms with Crippen molar-refractivity contribution in [1.29, 1.82) is 0 Å². The summed E-state index contributed by atoms with van der Waals surface area (Å²) in [5.74, 6) is 0. The Kier molecular flexibility index (Phi) is 5.63. The number of carbonyl (C=O) groups excluding carboxylic acids is 1. The number of hydrogen-bond acceptors (Lipinski definition) is 3. The van der Waals surface area contributed by atoms with Gasteiger partial charge in [0.1, 0.15) is 6.29 Å². The van der Waals surface area contributed by atoms with Gasteiger partial charge in [0.2, 0.25) is 10.0 Å². The smallest absolute Gasteiger partial charge is 0.243 e. The molecule has 0 atom stereocenters. The first-order valence-corrected chi connectivity index (χ1v) is 8.29. The second-order valence-electron chi connectivity index (χ2n) is 4.61. The largest absolute Gasteiger partial charge is 0.302 e. The molecule has 114 valence electrons. The third-order valence-electron chi connectivity index (χ3n) is 3.08. The Bertz CT molecular complexity index is 725. The van der Waals surface area contributed by atoms with Crippen molar-refractivity contribution in [1.82, 2.24) is 4.31 Å². The lowest BCUT2D eigenvalue weighted by molar-refractivity contribution is -0.108. The van der Waals surface area contributed by atoms with Crippen molar-refractivity contribution in [3.05, 3.63) is 72.3 Å². The topological polar surface area (TPSA) is 54.5 Å². The molecule has 2 rings (SSSR count). The molecule has 0 unspecified atom stereocenters. The van der Waals surface area contributed by atoms with E-state index in [1.807, 2.05) is 36.4 Å². The lowest BCUT2D eigenvalue weighted by atomic mass is 10.2. The molecule has 4 nitrogen and oxygen atoms in total. The van der Waals surface area contributed by atoms with E-state index < -0.39 is 10.0 Å². The lowest BCUT2D eigenvalue weighted by Gasteiger charge is -2.18. The molecule has 22 heavy (non-hydrogen) atoms. The van der Waals surface area contributed by atoms with Gasteiger partial charge < -0.3 is 4.79 Å². The van der Waals surface area contributed by atoms with E-state index in [2.05, 4.69) is 0 Å². The van der Waals surface area contributed by atoms with Gasteiger partial charge in [-0.25, -0.2) is 8.42 Å². The first-order valence-electron chi connectivity index (χ1n) is 6.85. The van der Waals surface area contributed by atoms with Crippen LogP contribution in [0.15, 0.2) is 71.6 Å². The second kappa shape index (κ2) is 7.68. The van der Waals surface area contributed by atoms with E-state index in [0.717, 1.165) is 9.87 Å². The number of hydrogen-bond donors (Lipinski definition) is 0. The van der Waals surface area contributed by atoms with Crippen molar-refractivity contribution >= 4 is 22.4 Å². The molecule has 2 aromatic rings. The molecule has 0 N–H and O–H groups in total. The van der Waals surface area contributed by atoms with Crippen LogP contribution in [-0.4, -0.2) is 32.1 Å². The van der Waals surface area contributed by atoms with E-state index in [0.29, 0.717) is 6.29 Å². The molecular formula is C17H17NO3S. The Balaban J connectivity index is 2.16. The molecule has 0 radical (unpaired) electrons. The molecule has 0 fully saturated rings. The van der Waals surface area contributed by atoms with Gasteiger partial charge in [-0.2, -0.15) is 4.31 Å². The fourth-order valence-electron chi connectivity index (χ4n) is 1.97. The highest BCUT2D eigenvalue weighted by Gasteiger charge is 2.22. The van der Waals surface area contributed by atoms with Crippen LogP contribution >= 0.6 is 0 Å². The predicted molar refractivity (Wildman–Crippen MR) is 86.7 cm³/mol. The van der Waals surface area contributed by atoms with Gasteiger partial charge in [0, 0.05) is 6.54 Å². The molecule has 0 saturated carbocycles. The highest BCUT2D eigenvalue weighted by Crippen LogP contribution is 2.14. The molecule has 0 heterocycles. The Morgan fingerprint density at radius 1 is 0.864 bits per heavy atom. The fraction of sp³-hybridized carbons (Fsp3) is 0.118. The minimum absolute atomic E-state index is 0.144. The average molecular weight is 315 g/mol. The van der Waals surface area contributed by atoms with Crippen LogP contribution in [-0.2, 0) is 14.8 Å². The van der Waals surface area contributed by atoms with Crippen molar-refractivity contribution in [3.8, 4) is 0 Å². The van der Waals surface area contributed by atoms with E-state index in [1.165, 1.54) is 12.1 Å². The van der Waals surface area contributed by atoms with E-state index in [-0.39, 0.29) is 18.0 Å². The van der Waals surface area contributed by atoms with Gasteiger partial charge >= 0.3 is 0 Å². The zero-order valence-electron chi connectivity index (χ0n) is 12.0. The van der Waals surface area contributed by atoms with Gasteiger partial charge in [-0.15, -0.1) is 0 Å². The summed E-state index contributed by atoms with van der Waals surface area (Å²) in [6, 6.07) is 17.7. The maximum atomic E-state index is 12.5. The Morgan fingerprint density at radius 2 is 1.45 bits per heavy atom. The summed E-state index contributed by atoms with van der Waals surface area (Å²) < 4.78 is 26.1. The summed E-state index contributed by atoms with van der Waals surface area (Å²) in [5.41, 5.74) is 0.977. The molecule has 0 saturated heterocycles. The van der Waals surface area contributed by atoms with Crippen LogP contribution < -0.4 is 0 Å². The molecule has 5 heteroatoms. The quantitative estimate of drug-likeness (QED) is 0.738. The standard InChI is InChI=1S/C17H17NO3S/c19-15-14-18(13-7-10-16-8-3-1-4-9-16)22(20,21)17-11-5-2-6-12-17/h1-12,15H,13-14H2/b10-7+. The molecule has 0 aliphatic carbocycles. The van der Waals surface area contributed by atoms with Crippen molar-refractivity contribution in [2.24, 2.45) is 0 Å². The fourth-order valence-corrected chi connectivity index (χ4v) is 3.30. The molecule has 0 aliphatic heterocycles. The normalized spacial score (nSPS) is 11.9. The summed E-state index contributed by atoms with van der Waals surface area (Å²) in [4.78, 5) is 11.0. The number of sulfonamides is 1. The number of aldehydes is 1. The summed E-state index contributed by atoms with van der Waals surface area (Å²) in [5, 5.41) is 0.